The number of rotatable bonds is 3. The molecule has 0 spiro atoms. The molecule has 100 valence electrons. The van der Waals surface area contributed by atoms with Gasteiger partial charge in [-0.1, -0.05) is 24.6 Å². The zero-order chi connectivity index (χ0) is 13.2. The maximum absolute atomic E-state index is 12.1. The summed E-state index contributed by atoms with van der Waals surface area (Å²) in [6.07, 6.45) is 2.95. The first kappa shape index (κ1) is 12.2. The van der Waals surface area contributed by atoms with Crippen molar-refractivity contribution >= 4 is 16.9 Å². The minimum atomic E-state index is -0.193. The number of hydrogen-bond acceptors (Lipinski definition) is 3. The quantitative estimate of drug-likeness (QED) is 0.889. The molecule has 1 aromatic carbocycles. The van der Waals surface area contributed by atoms with E-state index in [1.54, 1.807) is 6.07 Å². The van der Waals surface area contributed by atoms with Crippen LogP contribution in [0.3, 0.4) is 0 Å². The van der Waals surface area contributed by atoms with E-state index < -0.39 is 0 Å². The number of furan rings is 1. The number of amides is 1. The van der Waals surface area contributed by atoms with Crippen LogP contribution in [0.1, 0.15) is 29.8 Å². The van der Waals surface area contributed by atoms with Crippen LogP contribution < -0.4 is 5.32 Å². The minimum absolute atomic E-state index is 0.0608. The SMILES string of the molecule is O=C(NC1CCCC1CO)c1cc2ccccc2o1. The van der Waals surface area contributed by atoms with Gasteiger partial charge in [0.15, 0.2) is 5.76 Å². The third-order valence-corrected chi connectivity index (χ3v) is 3.86. The second-order valence-electron chi connectivity index (χ2n) is 5.10. The number of para-hydroxylation sites is 1. The predicted octanol–water partition coefficient (Wildman–Crippen LogP) is 2.32. The van der Waals surface area contributed by atoms with Crippen molar-refractivity contribution in [3.63, 3.8) is 0 Å². The Labute approximate surface area is 111 Å². The zero-order valence-electron chi connectivity index (χ0n) is 10.6. The normalized spacial score (nSPS) is 22.8. The number of fused-ring (bicyclic) bond motifs is 1. The van der Waals surface area contributed by atoms with Crippen molar-refractivity contribution in [2.75, 3.05) is 6.61 Å². The third-order valence-electron chi connectivity index (χ3n) is 3.86. The zero-order valence-corrected chi connectivity index (χ0v) is 10.6. The molecule has 1 amide bonds. The van der Waals surface area contributed by atoms with Gasteiger partial charge in [-0.3, -0.25) is 4.79 Å². The molecule has 2 atom stereocenters. The van der Waals surface area contributed by atoms with Gasteiger partial charge < -0.3 is 14.8 Å². The van der Waals surface area contributed by atoms with Crippen molar-refractivity contribution in [3.8, 4) is 0 Å². The smallest absolute Gasteiger partial charge is 0.287 e. The van der Waals surface area contributed by atoms with E-state index in [4.69, 9.17) is 4.42 Å². The lowest BCUT2D eigenvalue weighted by Gasteiger charge is -2.18. The lowest BCUT2D eigenvalue weighted by molar-refractivity contribution is 0.0890. The highest BCUT2D eigenvalue weighted by Crippen LogP contribution is 2.26. The number of carbonyl (C=O) groups is 1. The summed E-state index contributed by atoms with van der Waals surface area (Å²) < 4.78 is 5.53. The Balaban J connectivity index is 1.76. The summed E-state index contributed by atoms with van der Waals surface area (Å²) in [5.74, 6) is 0.319. The standard InChI is InChI=1S/C15H17NO3/c17-9-11-5-3-6-12(11)16-15(18)14-8-10-4-1-2-7-13(10)19-14/h1-2,4,7-8,11-12,17H,3,5-6,9H2,(H,16,18). The van der Waals surface area contributed by atoms with Gasteiger partial charge in [-0.25, -0.2) is 0 Å². The molecule has 0 saturated heterocycles. The van der Waals surface area contributed by atoms with E-state index in [0.717, 1.165) is 30.2 Å². The predicted molar refractivity (Wildman–Crippen MR) is 71.9 cm³/mol. The lowest BCUT2D eigenvalue weighted by Crippen LogP contribution is -2.38. The van der Waals surface area contributed by atoms with Crippen molar-refractivity contribution in [1.82, 2.24) is 5.32 Å². The van der Waals surface area contributed by atoms with Gasteiger partial charge in [0.2, 0.25) is 0 Å². The molecule has 1 fully saturated rings. The highest BCUT2D eigenvalue weighted by atomic mass is 16.3. The fourth-order valence-corrected chi connectivity index (χ4v) is 2.78. The number of aliphatic hydroxyl groups excluding tert-OH is 1. The molecule has 1 heterocycles. The van der Waals surface area contributed by atoms with E-state index in [0.29, 0.717) is 5.76 Å². The topological polar surface area (TPSA) is 62.5 Å². The Morgan fingerprint density at radius 2 is 2.21 bits per heavy atom. The molecule has 1 aliphatic carbocycles. The van der Waals surface area contributed by atoms with Crippen LogP contribution in [0.25, 0.3) is 11.0 Å². The van der Waals surface area contributed by atoms with Crippen LogP contribution in [0.5, 0.6) is 0 Å². The van der Waals surface area contributed by atoms with Crippen LogP contribution in [0, 0.1) is 5.92 Å². The first-order chi connectivity index (χ1) is 9.28. The molecule has 19 heavy (non-hydrogen) atoms. The molecule has 3 rings (SSSR count). The summed E-state index contributed by atoms with van der Waals surface area (Å²) >= 11 is 0. The van der Waals surface area contributed by atoms with Gasteiger partial charge >= 0.3 is 0 Å². The highest BCUT2D eigenvalue weighted by molar-refractivity contribution is 5.96. The summed E-state index contributed by atoms with van der Waals surface area (Å²) in [6.45, 7) is 0.130. The Bertz CT molecular complexity index is 557. The summed E-state index contributed by atoms with van der Waals surface area (Å²) in [5, 5.41) is 13.2. The summed E-state index contributed by atoms with van der Waals surface area (Å²) in [5.41, 5.74) is 0.720. The first-order valence-corrected chi connectivity index (χ1v) is 6.68. The lowest BCUT2D eigenvalue weighted by atomic mass is 10.1. The average Bonchev–Trinajstić information content (AvgIpc) is 3.03. The third kappa shape index (κ3) is 2.36. The van der Waals surface area contributed by atoms with Crippen LogP contribution in [-0.2, 0) is 0 Å². The summed E-state index contributed by atoms with van der Waals surface area (Å²) in [4.78, 5) is 12.1. The van der Waals surface area contributed by atoms with Gasteiger partial charge in [0.05, 0.1) is 0 Å². The first-order valence-electron chi connectivity index (χ1n) is 6.68. The monoisotopic (exact) mass is 259 g/mol. The maximum Gasteiger partial charge on any atom is 0.287 e. The molecule has 1 aliphatic rings. The van der Waals surface area contributed by atoms with Crippen molar-refractivity contribution in [3.05, 3.63) is 36.1 Å². The van der Waals surface area contributed by atoms with Crippen LogP contribution >= 0.6 is 0 Å². The molecule has 2 N–H and O–H groups in total. The molecule has 4 nitrogen and oxygen atoms in total. The Hall–Kier alpha value is -1.81. The summed E-state index contributed by atoms with van der Waals surface area (Å²) in [6, 6.07) is 9.38. The number of hydrogen-bond donors (Lipinski definition) is 2. The Morgan fingerprint density at radius 3 is 3.00 bits per heavy atom. The van der Waals surface area contributed by atoms with Crippen LogP contribution in [-0.4, -0.2) is 23.7 Å². The highest BCUT2D eigenvalue weighted by Gasteiger charge is 2.28. The molecule has 0 aliphatic heterocycles. The van der Waals surface area contributed by atoms with E-state index in [1.165, 1.54) is 0 Å². The van der Waals surface area contributed by atoms with Gasteiger partial charge in [0.25, 0.3) is 5.91 Å². The van der Waals surface area contributed by atoms with E-state index >= 15 is 0 Å². The van der Waals surface area contributed by atoms with Crippen molar-refractivity contribution in [2.45, 2.75) is 25.3 Å². The van der Waals surface area contributed by atoms with E-state index in [2.05, 4.69) is 5.32 Å². The van der Waals surface area contributed by atoms with Gasteiger partial charge in [-0.15, -0.1) is 0 Å². The summed E-state index contributed by atoms with van der Waals surface area (Å²) in [7, 11) is 0. The minimum Gasteiger partial charge on any atom is -0.451 e. The Kier molecular flexibility index (Phi) is 3.25. The van der Waals surface area contributed by atoms with E-state index in [9.17, 15) is 9.90 Å². The molecule has 4 heteroatoms. The second kappa shape index (κ2) is 5.05. The van der Waals surface area contributed by atoms with Crippen molar-refractivity contribution < 1.29 is 14.3 Å². The fourth-order valence-electron chi connectivity index (χ4n) is 2.78. The van der Waals surface area contributed by atoms with Crippen molar-refractivity contribution in [1.29, 1.82) is 0 Å². The van der Waals surface area contributed by atoms with Gasteiger partial charge in [-0.2, -0.15) is 0 Å². The molecule has 1 aromatic heterocycles. The molecule has 0 bridgehead atoms. The van der Waals surface area contributed by atoms with Crippen LogP contribution in [0.15, 0.2) is 34.7 Å². The largest absolute Gasteiger partial charge is 0.451 e. The van der Waals surface area contributed by atoms with Gasteiger partial charge in [0, 0.05) is 24.0 Å². The molecular weight excluding hydrogens is 242 g/mol. The number of benzene rings is 1. The van der Waals surface area contributed by atoms with Crippen LogP contribution in [0.2, 0.25) is 0 Å². The maximum atomic E-state index is 12.1. The van der Waals surface area contributed by atoms with Crippen molar-refractivity contribution in [2.24, 2.45) is 5.92 Å². The molecular formula is C15H17NO3. The molecule has 1 saturated carbocycles. The van der Waals surface area contributed by atoms with E-state index in [-0.39, 0.29) is 24.5 Å². The van der Waals surface area contributed by atoms with Gasteiger partial charge in [-0.05, 0) is 25.0 Å². The molecule has 0 radical (unpaired) electrons. The average molecular weight is 259 g/mol. The Morgan fingerprint density at radius 1 is 1.37 bits per heavy atom. The molecule has 2 aromatic rings. The second-order valence-corrected chi connectivity index (χ2v) is 5.10. The fraction of sp³-hybridized carbons (Fsp3) is 0.400. The van der Waals surface area contributed by atoms with Crippen LogP contribution in [0.4, 0.5) is 0 Å². The number of carbonyl (C=O) groups excluding carboxylic acids is 1. The number of aliphatic hydroxyl groups is 1. The number of nitrogens with one attached hydrogen (secondary N) is 1. The molecule has 2 unspecified atom stereocenters. The van der Waals surface area contributed by atoms with Gasteiger partial charge in [0.1, 0.15) is 5.58 Å². The van der Waals surface area contributed by atoms with E-state index in [1.807, 2.05) is 24.3 Å².